The monoisotopic (exact) mass is 358 g/mol. The largest absolute Gasteiger partial charge is 0.452 e. The Hall–Kier alpha value is -3.40. The highest BCUT2D eigenvalue weighted by atomic mass is 32.1. The molecule has 0 saturated heterocycles. The third kappa shape index (κ3) is 3.75. The fourth-order valence-electron chi connectivity index (χ4n) is 2.03. The molecule has 0 bridgehead atoms. The van der Waals surface area contributed by atoms with Crippen LogP contribution in [0.15, 0.2) is 42.5 Å². The summed E-state index contributed by atoms with van der Waals surface area (Å²) in [5.74, 6) is -1.28. The van der Waals surface area contributed by atoms with Gasteiger partial charge in [-0.15, -0.1) is 0 Å². The van der Waals surface area contributed by atoms with Crippen LogP contribution in [0.4, 0.5) is 11.4 Å². The van der Waals surface area contributed by atoms with Gasteiger partial charge in [0.2, 0.25) is 0 Å². The van der Waals surface area contributed by atoms with E-state index in [1.807, 2.05) is 0 Å². The summed E-state index contributed by atoms with van der Waals surface area (Å²) in [6.45, 7) is -0.496. The van der Waals surface area contributed by atoms with Gasteiger partial charge in [0.25, 0.3) is 11.6 Å². The Morgan fingerprint density at radius 3 is 2.64 bits per heavy atom. The third-order valence-corrected chi connectivity index (χ3v) is 3.75. The quantitative estimate of drug-likeness (QED) is 0.422. The Bertz CT molecular complexity index is 954. The molecular weight excluding hydrogens is 348 g/mol. The first-order valence-corrected chi connectivity index (χ1v) is 7.70. The van der Waals surface area contributed by atoms with Gasteiger partial charge in [-0.3, -0.25) is 14.9 Å². The number of benzene rings is 2. The zero-order chi connectivity index (χ0) is 17.8. The number of nitro benzene ring substituents is 1. The first-order valence-electron chi connectivity index (χ1n) is 6.97. The van der Waals surface area contributed by atoms with Crippen molar-refractivity contribution in [3.05, 3.63) is 58.1 Å². The third-order valence-electron chi connectivity index (χ3n) is 3.21. The second-order valence-corrected chi connectivity index (χ2v) is 5.39. The van der Waals surface area contributed by atoms with E-state index in [9.17, 15) is 19.7 Å². The molecule has 0 aliphatic carbocycles. The van der Waals surface area contributed by atoms with E-state index < -0.39 is 23.4 Å². The molecule has 3 rings (SSSR count). The van der Waals surface area contributed by atoms with Crippen molar-refractivity contribution in [2.24, 2.45) is 0 Å². The maximum absolute atomic E-state index is 11.9. The van der Waals surface area contributed by atoms with Crippen molar-refractivity contribution in [3.63, 3.8) is 0 Å². The van der Waals surface area contributed by atoms with E-state index in [1.165, 1.54) is 24.3 Å². The van der Waals surface area contributed by atoms with E-state index in [0.717, 1.165) is 11.7 Å². The number of non-ortho nitro benzene ring substituents is 1. The zero-order valence-electron chi connectivity index (χ0n) is 12.5. The number of nitrogens with one attached hydrogen (secondary N) is 1. The number of hydrogen-bond donors (Lipinski definition) is 1. The van der Waals surface area contributed by atoms with Gasteiger partial charge in [-0.25, -0.2) is 4.79 Å². The van der Waals surface area contributed by atoms with Crippen LogP contribution >= 0.6 is 11.7 Å². The molecule has 0 radical (unpaired) electrons. The van der Waals surface area contributed by atoms with Gasteiger partial charge < -0.3 is 10.1 Å². The fourth-order valence-corrected chi connectivity index (χ4v) is 2.58. The molecule has 0 aliphatic heterocycles. The fraction of sp³-hybridized carbons (Fsp3) is 0.0667. The van der Waals surface area contributed by atoms with Gasteiger partial charge in [0.15, 0.2) is 6.61 Å². The summed E-state index contributed by atoms with van der Waals surface area (Å²) in [5, 5.41) is 13.2. The van der Waals surface area contributed by atoms with Crippen LogP contribution in [0.2, 0.25) is 0 Å². The molecule has 0 fully saturated rings. The van der Waals surface area contributed by atoms with Crippen LogP contribution in [-0.2, 0) is 9.53 Å². The van der Waals surface area contributed by atoms with Crippen LogP contribution in [0.5, 0.6) is 0 Å². The van der Waals surface area contributed by atoms with Gasteiger partial charge >= 0.3 is 5.97 Å². The van der Waals surface area contributed by atoms with Crippen molar-refractivity contribution in [2.45, 2.75) is 0 Å². The molecule has 1 N–H and O–H groups in total. The number of aromatic nitrogens is 2. The summed E-state index contributed by atoms with van der Waals surface area (Å²) in [5.41, 5.74) is 1.67. The molecule has 0 spiro atoms. The molecular formula is C15H10N4O5S. The topological polar surface area (TPSA) is 124 Å². The van der Waals surface area contributed by atoms with E-state index in [-0.39, 0.29) is 11.3 Å². The van der Waals surface area contributed by atoms with E-state index in [2.05, 4.69) is 14.1 Å². The Morgan fingerprint density at radius 2 is 1.92 bits per heavy atom. The lowest BCUT2D eigenvalue weighted by Crippen LogP contribution is -2.21. The molecule has 25 heavy (non-hydrogen) atoms. The highest BCUT2D eigenvalue weighted by Crippen LogP contribution is 2.21. The number of rotatable bonds is 5. The Balaban J connectivity index is 1.59. The molecule has 0 aliphatic rings. The van der Waals surface area contributed by atoms with Crippen LogP contribution in [0, 0.1) is 10.1 Å². The number of esters is 1. The van der Waals surface area contributed by atoms with Crippen molar-refractivity contribution in [1.29, 1.82) is 0 Å². The molecule has 3 aromatic rings. The van der Waals surface area contributed by atoms with Gasteiger partial charge in [-0.1, -0.05) is 6.07 Å². The number of fused-ring (bicyclic) bond motifs is 1. The van der Waals surface area contributed by atoms with E-state index in [4.69, 9.17) is 4.74 Å². The highest BCUT2D eigenvalue weighted by molar-refractivity contribution is 7.00. The first-order chi connectivity index (χ1) is 12.0. The van der Waals surface area contributed by atoms with Gasteiger partial charge in [0.05, 0.1) is 27.9 Å². The summed E-state index contributed by atoms with van der Waals surface area (Å²) in [7, 11) is 0. The van der Waals surface area contributed by atoms with Gasteiger partial charge in [-0.2, -0.15) is 8.75 Å². The summed E-state index contributed by atoms with van der Waals surface area (Å²) in [6.07, 6.45) is 0. The van der Waals surface area contributed by atoms with Crippen molar-refractivity contribution < 1.29 is 19.2 Å². The lowest BCUT2D eigenvalue weighted by molar-refractivity contribution is -0.384. The van der Waals surface area contributed by atoms with Crippen LogP contribution < -0.4 is 5.32 Å². The van der Waals surface area contributed by atoms with Crippen molar-refractivity contribution in [1.82, 2.24) is 8.75 Å². The molecule has 1 amide bonds. The molecule has 10 heteroatoms. The number of hydrogen-bond acceptors (Lipinski definition) is 8. The minimum atomic E-state index is -0.751. The minimum absolute atomic E-state index is 0.115. The summed E-state index contributed by atoms with van der Waals surface area (Å²) in [6, 6.07) is 10.1. The standard InChI is InChI=1S/C15H10N4O5S/c20-13(16-11-2-1-3-12-14(11)18-25-17-12)8-24-15(21)9-4-6-10(7-5-9)19(22)23/h1-7H,8H2,(H,16,20). The van der Waals surface area contributed by atoms with Crippen LogP contribution in [-0.4, -0.2) is 32.2 Å². The lowest BCUT2D eigenvalue weighted by Gasteiger charge is -2.07. The van der Waals surface area contributed by atoms with Crippen molar-refractivity contribution in [2.75, 3.05) is 11.9 Å². The van der Waals surface area contributed by atoms with Gasteiger partial charge in [-0.05, 0) is 24.3 Å². The Kier molecular flexibility index (Phi) is 4.61. The molecule has 126 valence electrons. The number of nitro groups is 1. The smallest absolute Gasteiger partial charge is 0.338 e. The summed E-state index contributed by atoms with van der Waals surface area (Å²) >= 11 is 1.03. The van der Waals surface area contributed by atoms with E-state index in [0.29, 0.717) is 16.7 Å². The molecule has 0 unspecified atom stereocenters. The molecule has 1 aromatic heterocycles. The normalized spacial score (nSPS) is 10.4. The number of nitrogens with zero attached hydrogens (tertiary/aromatic N) is 3. The molecule has 1 heterocycles. The minimum Gasteiger partial charge on any atom is -0.452 e. The maximum Gasteiger partial charge on any atom is 0.338 e. The number of amides is 1. The predicted octanol–water partition coefficient (Wildman–Crippen LogP) is 2.40. The van der Waals surface area contributed by atoms with Crippen molar-refractivity contribution in [3.8, 4) is 0 Å². The first kappa shape index (κ1) is 16.5. The van der Waals surface area contributed by atoms with Gasteiger partial charge in [0.1, 0.15) is 11.0 Å². The second kappa shape index (κ2) is 7.01. The molecule has 0 saturated carbocycles. The van der Waals surface area contributed by atoms with E-state index in [1.54, 1.807) is 18.2 Å². The van der Waals surface area contributed by atoms with Crippen molar-refractivity contribution >= 4 is 46.0 Å². The lowest BCUT2D eigenvalue weighted by atomic mass is 10.2. The molecule has 0 atom stereocenters. The van der Waals surface area contributed by atoms with Crippen LogP contribution in [0.25, 0.3) is 11.0 Å². The molecule has 9 nitrogen and oxygen atoms in total. The average molecular weight is 358 g/mol. The maximum atomic E-state index is 11.9. The van der Waals surface area contributed by atoms with E-state index >= 15 is 0 Å². The Morgan fingerprint density at radius 1 is 1.16 bits per heavy atom. The number of ether oxygens (including phenoxy) is 1. The summed E-state index contributed by atoms with van der Waals surface area (Å²) < 4.78 is 13.1. The average Bonchev–Trinajstić information content (AvgIpc) is 3.09. The second-order valence-electron chi connectivity index (χ2n) is 4.87. The number of carbonyl (C=O) groups is 2. The predicted molar refractivity (Wildman–Crippen MR) is 89.4 cm³/mol. The SMILES string of the molecule is O=C(COC(=O)c1ccc([N+](=O)[O-])cc1)Nc1cccc2nsnc12. The van der Waals surface area contributed by atoms with Gasteiger partial charge in [0, 0.05) is 12.1 Å². The molecule has 2 aromatic carbocycles. The zero-order valence-corrected chi connectivity index (χ0v) is 13.4. The summed E-state index contributed by atoms with van der Waals surface area (Å²) in [4.78, 5) is 33.8. The van der Waals surface area contributed by atoms with Crippen LogP contribution in [0.3, 0.4) is 0 Å². The highest BCUT2D eigenvalue weighted by Gasteiger charge is 2.14. The number of carbonyl (C=O) groups excluding carboxylic acids is 2. The Labute approximate surface area is 144 Å². The van der Waals surface area contributed by atoms with Crippen LogP contribution in [0.1, 0.15) is 10.4 Å². The number of anilines is 1.